The molecule has 0 aliphatic rings. The summed E-state index contributed by atoms with van der Waals surface area (Å²) >= 11 is 0.304. The first kappa shape index (κ1) is 18.7. The first-order valence-corrected chi connectivity index (χ1v) is 10.3. The van der Waals surface area contributed by atoms with Gasteiger partial charge in [-0.3, -0.25) is 0 Å². The summed E-state index contributed by atoms with van der Waals surface area (Å²) in [7, 11) is 0. The molecule has 24 heavy (non-hydrogen) atoms. The summed E-state index contributed by atoms with van der Waals surface area (Å²) in [5.41, 5.74) is 1.22. The molecule has 6 nitrogen and oxygen atoms in total. The van der Waals surface area contributed by atoms with Crippen LogP contribution in [-0.2, 0) is 11.0 Å². The normalized spacial score (nSPS) is 13.0. The van der Waals surface area contributed by atoms with Gasteiger partial charge in [0.1, 0.15) is 17.2 Å². The smallest absolute Gasteiger partial charge is 0.388 e. The molecule has 2 rings (SSSR count). The van der Waals surface area contributed by atoms with Crippen LogP contribution in [0, 0.1) is 0 Å². The standard InChI is InChI=1S/C16H19O6PS/c1-2-10(11-4-3-5-12(17)6-11)7-14-15(19)8-13(18)9-16(14)24-23(20,21)22/h3-6,8-10,17-19H,2,7H2,1H3,(H2,20,21,22). The minimum Gasteiger partial charge on any atom is -0.508 e. The fourth-order valence-corrected chi connectivity index (χ4v) is 4.54. The molecule has 8 heteroatoms. The van der Waals surface area contributed by atoms with Gasteiger partial charge < -0.3 is 25.1 Å². The van der Waals surface area contributed by atoms with Crippen molar-refractivity contribution >= 4 is 18.2 Å². The maximum Gasteiger partial charge on any atom is 0.388 e. The lowest BCUT2D eigenvalue weighted by Gasteiger charge is -2.19. The van der Waals surface area contributed by atoms with E-state index in [0.717, 1.165) is 11.6 Å². The number of benzene rings is 2. The van der Waals surface area contributed by atoms with Crippen molar-refractivity contribution in [2.75, 3.05) is 0 Å². The zero-order chi connectivity index (χ0) is 17.9. The van der Waals surface area contributed by atoms with Gasteiger partial charge in [-0.25, -0.2) is 4.57 Å². The summed E-state index contributed by atoms with van der Waals surface area (Å²) in [5, 5.41) is 29.4. The third kappa shape index (κ3) is 4.92. The Kier molecular flexibility index (Phi) is 5.83. The van der Waals surface area contributed by atoms with Crippen molar-refractivity contribution in [3.05, 3.63) is 47.5 Å². The van der Waals surface area contributed by atoms with Crippen molar-refractivity contribution in [1.82, 2.24) is 0 Å². The van der Waals surface area contributed by atoms with E-state index >= 15 is 0 Å². The maximum atomic E-state index is 11.3. The highest BCUT2D eigenvalue weighted by atomic mass is 32.7. The maximum absolute atomic E-state index is 11.3. The number of phenols is 3. The average molecular weight is 370 g/mol. The summed E-state index contributed by atoms with van der Waals surface area (Å²) in [4.78, 5) is 18.5. The summed E-state index contributed by atoms with van der Waals surface area (Å²) in [6.07, 6.45) is 1.01. The van der Waals surface area contributed by atoms with Gasteiger partial charge in [0.2, 0.25) is 0 Å². The number of hydrogen-bond acceptors (Lipinski definition) is 5. The molecule has 0 saturated carbocycles. The highest BCUT2D eigenvalue weighted by molar-refractivity contribution is 8.54. The van der Waals surface area contributed by atoms with E-state index < -0.39 is 6.80 Å². The third-order valence-electron chi connectivity index (χ3n) is 3.67. The number of phenolic OH excluding ortho intramolecular Hbond substituents is 3. The van der Waals surface area contributed by atoms with E-state index in [0.29, 0.717) is 29.8 Å². The fourth-order valence-electron chi connectivity index (χ4n) is 2.55. The molecule has 1 unspecified atom stereocenters. The van der Waals surface area contributed by atoms with Crippen LogP contribution < -0.4 is 0 Å². The lowest BCUT2D eigenvalue weighted by Crippen LogP contribution is -2.03. The Morgan fingerprint density at radius 2 is 1.79 bits per heavy atom. The molecule has 0 bridgehead atoms. The van der Waals surface area contributed by atoms with E-state index in [4.69, 9.17) is 0 Å². The molecule has 2 aromatic carbocycles. The Balaban J connectivity index is 2.41. The number of hydrogen-bond donors (Lipinski definition) is 5. The topological polar surface area (TPSA) is 118 Å². The molecule has 5 N–H and O–H groups in total. The van der Waals surface area contributed by atoms with Gasteiger partial charge in [0.25, 0.3) is 0 Å². The minimum atomic E-state index is -4.43. The van der Waals surface area contributed by atoms with Crippen LogP contribution in [0.25, 0.3) is 0 Å². The fraction of sp³-hybridized carbons (Fsp3) is 0.250. The van der Waals surface area contributed by atoms with E-state index in [-0.39, 0.29) is 28.1 Å². The number of aromatic hydroxyl groups is 3. The van der Waals surface area contributed by atoms with Crippen LogP contribution >= 0.6 is 18.2 Å². The summed E-state index contributed by atoms with van der Waals surface area (Å²) in [6, 6.07) is 9.13. The second kappa shape index (κ2) is 7.49. The Hall–Kier alpha value is -1.66. The molecular weight excluding hydrogens is 351 g/mol. The molecule has 0 aromatic heterocycles. The third-order valence-corrected chi connectivity index (χ3v) is 5.77. The van der Waals surface area contributed by atoms with Crippen LogP contribution in [-0.4, -0.2) is 25.1 Å². The average Bonchev–Trinajstić information content (AvgIpc) is 2.45. The van der Waals surface area contributed by atoms with Gasteiger partial charge in [-0.15, -0.1) is 0 Å². The lowest BCUT2D eigenvalue weighted by molar-refractivity contribution is 0.397. The predicted octanol–water partition coefficient (Wildman–Crippen LogP) is 3.72. The van der Waals surface area contributed by atoms with Crippen molar-refractivity contribution in [3.63, 3.8) is 0 Å². The predicted molar refractivity (Wildman–Crippen MR) is 92.5 cm³/mol. The molecule has 0 saturated heterocycles. The molecule has 0 heterocycles. The van der Waals surface area contributed by atoms with Crippen LogP contribution in [0.15, 0.2) is 41.3 Å². The Bertz CT molecular complexity index is 773. The highest BCUT2D eigenvalue weighted by Crippen LogP contribution is 2.57. The van der Waals surface area contributed by atoms with E-state index in [1.54, 1.807) is 18.2 Å². The second-order valence-electron chi connectivity index (χ2n) is 5.43. The first-order chi connectivity index (χ1) is 11.2. The zero-order valence-electron chi connectivity index (χ0n) is 13.0. The van der Waals surface area contributed by atoms with Crippen molar-refractivity contribution in [2.24, 2.45) is 0 Å². The molecule has 0 radical (unpaired) electrons. The van der Waals surface area contributed by atoms with Crippen LogP contribution in [0.1, 0.15) is 30.4 Å². The number of rotatable bonds is 6. The van der Waals surface area contributed by atoms with Crippen LogP contribution in [0.4, 0.5) is 0 Å². The van der Waals surface area contributed by atoms with E-state index in [2.05, 4.69) is 0 Å². The molecule has 1 atom stereocenters. The van der Waals surface area contributed by atoms with Crippen molar-refractivity contribution in [1.29, 1.82) is 0 Å². The minimum absolute atomic E-state index is 0.0661. The largest absolute Gasteiger partial charge is 0.508 e. The summed E-state index contributed by atoms with van der Waals surface area (Å²) in [5.74, 6) is -0.420. The summed E-state index contributed by atoms with van der Waals surface area (Å²) < 4.78 is 11.3. The van der Waals surface area contributed by atoms with Gasteiger partial charge in [0.05, 0.1) is 0 Å². The SMILES string of the molecule is CCC(Cc1c(O)cc(O)cc1SP(=O)(O)O)c1cccc(O)c1. The quantitative estimate of drug-likeness (QED) is 0.492. The van der Waals surface area contributed by atoms with Crippen LogP contribution in [0.2, 0.25) is 0 Å². The Morgan fingerprint density at radius 1 is 1.08 bits per heavy atom. The van der Waals surface area contributed by atoms with Crippen molar-refractivity contribution in [3.8, 4) is 17.2 Å². The van der Waals surface area contributed by atoms with Gasteiger partial charge in [0.15, 0.2) is 0 Å². The molecule has 2 aromatic rings. The summed E-state index contributed by atoms with van der Waals surface area (Å²) in [6.45, 7) is -2.49. The first-order valence-electron chi connectivity index (χ1n) is 7.28. The van der Waals surface area contributed by atoms with Crippen molar-refractivity contribution in [2.45, 2.75) is 30.6 Å². The van der Waals surface area contributed by atoms with Gasteiger partial charge >= 0.3 is 6.80 Å². The van der Waals surface area contributed by atoms with Gasteiger partial charge in [-0.05, 0) is 53.9 Å². The van der Waals surface area contributed by atoms with E-state index in [1.165, 1.54) is 6.07 Å². The molecule has 0 fully saturated rings. The van der Waals surface area contributed by atoms with Gasteiger partial charge in [-0.2, -0.15) is 0 Å². The molecule has 0 amide bonds. The van der Waals surface area contributed by atoms with Crippen LogP contribution in [0.3, 0.4) is 0 Å². The molecule has 0 aliphatic heterocycles. The van der Waals surface area contributed by atoms with Crippen molar-refractivity contribution < 1.29 is 29.7 Å². The zero-order valence-corrected chi connectivity index (χ0v) is 14.7. The molecule has 130 valence electrons. The lowest BCUT2D eigenvalue weighted by atomic mass is 9.89. The Morgan fingerprint density at radius 3 is 2.38 bits per heavy atom. The van der Waals surface area contributed by atoms with E-state index in [9.17, 15) is 29.7 Å². The highest BCUT2D eigenvalue weighted by Gasteiger charge is 2.23. The van der Waals surface area contributed by atoms with Crippen LogP contribution in [0.5, 0.6) is 17.2 Å². The molecule has 0 aliphatic carbocycles. The monoisotopic (exact) mass is 370 g/mol. The van der Waals surface area contributed by atoms with Gasteiger partial charge in [-0.1, -0.05) is 19.1 Å². The molecular formula is C16H19O6PS. The molecule has 0 spiro atoms. The van der Waals surface area contributed by atoms with Gasteiger partial charge in [0, 0.05) is 16.5 Å². The Labute approximate surface area is 143 Å². The second-order valence-corrected chi connectivity index (χ2v) is 9.01. The van der Waals surface area contributed by atoms with E-state index in [1.807, 2.05) is 13.0 Å².